The standard InChI is InChI=1S/C25H25ClN2O4/c1-17-4-6-19(7-5-17)24(29)28-22(25(30)27-14-3-15-31-2)16-21-12-13-23(32-21)18-8-10-20(26)11-9-18/h4-13,16H,3,14-15H2,1-2H3,(H,27,30)(H,28,29)/b22-16-. The SMILES string of the molecule is COCCCNC(=O)/C(=C/c1ccc(-c2ccc(Cl)cc2)o1)NC(=O)c1ccc(C)cc1. The molecule has 0 radical (unpaired) electrons. The summed E-state index contributed by atoms with van der Waals surface area (Å²) in [5.74, 6) is 0.262. The Kier molecular flexibility index (Phi) is 8.25. The number of aryl methyl sites for hydroxylation is 1. The van der Waals surface area contributed by atoms with Gasteiger partial charge in [0.2, 0.25) is 0 Å². The maximum absolute atomic E-state index is 12.8. The van der Waals surface area contributed by atoms with Gasteiger partial charge in [-0.3, -0.25) is 9.59 Å². The van der Waals surface area contributed by atoms with Crippen molar-refractivity contribution in [3.05, 3.63) is 88.3 Å². The lowest BCUT2D eigenvalue weighted by Crippen LogP contribution is -2.35. The van der Waals surface area contributed by atoms with E-state index >= 15 is 0 Å². The number of ether oxygens (including phenoxy) is 1. The van der Waals surface area contributed by atoms with E-state index in [1.807, 2.05) is 31.2 Å². The molecular formula is C25H25ClN2O4. The molecule has 32 heavy (non-hydrogen) atoms. The highest BCUT2D eigenvalue weighted by atomic mass is 35.5. The van der Waals surface area contributed by atoms with E-state index in [1.165, 1.54) is 6.08 Å². The average molecular weight is 453 g/mol. The molecule has 0 aliphatic heterocycles. The van der Waals surface area contributed by atoms with Gasteiger partial charge in [-0.25, -0.2) is 0 Å². The van der Waals surface area contributed by atoms with E-state index < -0.39 is 5.91 Å². The van der Waals surface area contributed by atoms with Crippen LogP contribution >= 0.6 is 11.6 Å². The molecule has 166 valence electrons. The van der Waals surface area contributed by atoms with E-state index in [1.54, 1.807) is 43.5 Å². The fourth-order valence-electron chi connectivity index (χ4n) is 2.91. The molecule has 0 atom stereocenters. The molecule has 0 bridgehead atoms. The van der Waals surface area contributed by atoms with Crippen molar-refractivity contribution in [2.24, 2.45) is 0 Å². The van der Waals surface area contributed by atoms with Crippen LogP contribution in [0.4, 0.5) is 0 Å². The predicted octanol–water partition coefficient (Wildman–Crippen LogP) is 4.83. The molecule has 1 heterocycles. The number of rotatable bonds is 9. The first-order valence-electron chi connectivity index (χ1n) is 10.2. The molecular weight excluding hydrogens is 428 g/mol. The highest BCUT2D eigenvalue weighted by Gasteiger charge is 2.15. The van der Waals surface area contributed by atoms with Crippen molar-refractivity contribution < 1.29 is 18.7 Å². The molecule has 0 spiro atoms. The van der Waals surface area contributed by atoms with Crippen LogP contribution in [-0.4, -0.2) is 32.1 Å². The van der Waals surface area contributed by atoms with Crippen LogP contribution in [0.2, 0.25) is 5.02 Å². The molecule has 0 unspecified atom stereocenters. The zero-order chi connectivity index (χ0) is 22.9. The molecule has 2 N–H and O–H groups in total. The van der Waals surface area contributed by atoms with Crippen LogP contribution in [0.5, 0.6) is 0 Å². The largest absolute Gasteiger partial charge is 0.457 e. The van der Waals surface area contributed by atoms with Crippen LogP contribution in [0.15, 0.2) is 70.8 Å². The Hall–Kier alpha value is -3.35. The summed E-state index contributed by atoms with van der Waals surface area (Å²) in [5.41, 5.74) is 2.43. The third-order valence-electron chi connectivity index (χ3n) is 4.66. The molecule has 1 aromatic heterocycles. The first-order chi connectivity index (χ1) is 15.5. The molecule has 0 saturated heterocycles. The highest BCUT2D eigenvalue weighted by molar-refractivity contribution is 6.30. The highest BCUT2D eigenvalue weighted by Crippen LogP contribution is 2.24. The van der Waals surface area contributed by atoms with E-state index in [-0.39, 0.29) is 11.6 Å². The molecule has 0 aliphatic rings. The minimum absolute atomic E-state index is 0.0880. The molecule has 0 saturated carbocycles. The molecule has 6 nitrogen and oxygen atoms in total. The molecule has 0 fully saturated rings. The topological polar surface area (TPSA) is 80.6 Å². The normalized spacial score (nSPS) is 11.3. The summed E-state index contributed by atoms with van der Waals surface area (Å²) in [4.78, 5) is 25.5. The van der Waals surface area contributed by atoms with Gasteiger partial charge in [0.15, 0.2) is 0 Å². The van der Waals surface area contributed by atoms with Crippen molar-refractivity contribution in [2.45, 2.75) is 13.3 Å². The van der Waals surface area contributed by atoms with Gasteiger partial charge in [0.1, 0.15) is 17.2 Å². The van der Waals surface area contributed by atoms with Gasteiger partial charge in [-0.1, -0.05) is 29.3 Å². The van der Waals surface area contributed by atoms with Crippen LogP contribution in [-0.2, 0) is 9.53 Å². The number of methoxy groups -OCH3 is 1. The Bertz CT molecular complexity index is 1090. The van der Waals surface area contributed by atoms with Gasteiger partial charge in [-0.05, 0) is 61.9 Å². The maximum Gasteiger partial charge on any atom is 0.267 e. The van der Waals surface area contributed by atoms with Crippen LogP contribution in [0.25, 0.3) is 17.4 Å². The van der Waals surface area contributed by atoms with Crippen LogP contribution in [0.1, 0.15) is 28.1 Å². The second kappa shape index (κ2) is 11.3. The molecule has 3 aromatic rings. The van der Waals surface area contributed by atoms with Gasteiger partial charge in [-0.2, -0.15) is 0 Å². The first kappa shape index (κ1) is 23.3. The smallest absolute Gasteiger partial charge is 0.267 e. The fourth-order valence-corrected chi connectivity index (χ4v) is 3.04. The number of carbonyl (C=O) groups is 2. The molecule has 2 aromatic carbocycles. The Balaban J connectivity index is 1.81. The van der Waals surface area contributed by atoms with Gasteiger partial charge in [0, 0.05) is 42.5 Å². The summed E-state index contributed by atoms with van der Waals surface area (Å²) in [7, 11) is 1.60. The van der Waals surface area contributed by atoms with Crippen molar-refractivity contribution in [3.63, 3.8) is 0 Å². The number of carbonyl (C=O) groups excluding carboxylic acids is 2. The van der Waals surface area contributed by atoms with Crippen LogP contribution < -0.4 is 10.6 Å². The number of amides is 2. The summed E-state index contributed by atoms with van der Waals surface area (Å²) >= 11 is 5.94. The van der Waals surface area contributed by atoms with Crippen molar-refractivity contribution in [3.8, 4) is 11.3 Å². The first-order valence-corrected chi connectivity index (χ1v) is 10.6. The second-order valence-electron chi connectivity index (χ2n) is 7.19. The van der Waals surface area contributed by atoms with Crippen molar-refractivity contribution in [1.82, 2.24) is 10.6 Å². The lowest BCUT2D eigenvalue weighted by molar-refractivity contribution is -0.117. The lowest BCUT2D eigenvalue weighted by atomic mass is 10.1. The number of halogens is 1. The second-order valence-corrected chi connectivity index (χ2v) is 7.63. The summed E-state index contributed by atoms with van der Waals surface area (Å²) in [6.07, 6.45) is 2.17. The molecule has 2 amide bonds. The average Bonchev–Trinajstić information content (AvgIpc) is 3.25. The van der Waals surface area contributed by atoms with Gasteiger partial charge in [0.05, 0.1) is 0 Å². The van der Waals surface area contributed by atoms with E-state index in [0.717, 1.165) is 11.1 Å². The summed E-state index contributed by atoms with van der Waals surface area (Å²) < 4.78 is 10.9. The van der Waals surface area contributed by atoms with Crippen LogP contribution in [0, 0.1) is 6.92 Å². The predicted molar refractivity (Wildman–Crippen MR) is 125 cm³/mol. The quantitative estimate of drug-likeness (QED) is 0.360. The third-order valence-corrected chi connectivity index (χ3v) is 4.91. The van der Waals surface area contributed by atoms with Gasteiger partial charge in [0.25, 0.3) is 11.8 Å². The number of furan rings is 1. The Morgan fingerprint density at radius 2 is 1.75 bits per heavy atom. The van der Waals surface area contributed by atoms with Gasteiger partial charge in [-0.15, -0.1) is 0 Å². The summed E-state index contributed by atoms with van der Waals surface area (Å²) in [6, 6.07) is 17.9. The van der Waals surface area contributed by atoms with Gasteiger partial charge >= 0.3 is 0 Å². The fraction of sp³-hybridized carbons (Fsp3) is 0.200. The Morgan fingerprint density at radius 3 is 2.44 bits per heavy atom. The number of hydrogen-bond donors (Lipinski definition) is 2. The Morgan fingerprint density at radius 1 is 1.03 bits per heavy atom. The van der Waals surface area contributed by atoms with Crippen molar-refractivity contribution in [2.75, 3.05) is 20.3 Å². The van der Waals surface area contributed by atoms with E-state index in [9.17, 15) is 9.59 Å². The minimum atomic E-state index is -0.411. The zero-order valence-corrected chi connectivity index (χ0v) is 18.7. The monoisotopic (exact) mass is 452 g/mol. The van der Waals surface area contributed by atoms with E-state index in [0.29, 0.717) is 41.7 Å². The Labute approximate surface area is 192 Å². The lowest BCUT2D eigenvalue weighted by Gasteiger charge is -2.11. The van der Waals surface area contributed by atoms with Crippen molar-refractivity contribution in [1.29, 1.82) is 0 Å². The number of hydrogen-bond acceptors (Lipinski definition) is 4. The van der Waals surface area contributed by atoms with Crippen molar-refractivity contribution >= 4 is 29.5 Å². The number of nitrogens with one attached hydrogen (secondary N) is 2. The van der Waals surface area contributed by atoms with Crippen LogP contribution in [0.3, 0.4) is 0 Å². The van der Waals surface area contributed by atoms with Gasteiger partial charge < -0.3 is 19.8 Å². The van der Waals surface area contributed by atoms with E-state index in [4.69, 9.17) is 20.8 Å². The maximum atomic E-state index is 12.8. The molecule has 0 aliphatic carbocycles. The minimum Gasteiger partial charge on any atom is -0.457 e. The summed E-state index contributed by atoms with van der Waals surface area (Å²) in [6.45, 7) is 2.88. The molecule has 7 heteroatoms. The summed E-state index contributed by atoms with van der Waals surface area (Å²) in [5, 5.41) is 6.12. The van der Waals surface area contributed by atoms with E-state index in [2.05, 4.69) is 10.6 Å². The zero-order valence-electron chi connectivity index (χ0n) is 18.0. The molecule has 3 rings (SSSR count). The number of benzene rings is 2. The third kappa shape index (κ3) is 6.57.